The Kier molecular flexibility index (Phi) is 4.97. The quantitative estimate of drug-likeness (QED) is 0.855. The summed E-state index contributed by atoms with van der Waals surface area (Å²) in [5.41, 5.74) is 0.899. The van der Waals surface area contributed by atoms with Crippen LogP contribution in [-0.4, -0.2) is 48.4 Å². The summed E-state index contributed by atoms with van der Waals surface area (Å²) in [6, 6.07) is 13.1. The second-order valence-corrected chi connectivity index (χ2v) is 6.90. The van der Waals surface area contributed by atoms with Crippen molar-refractivity contribution in [2.24, 2.45) is 0 Å². The second-order valence-electron chi connectivity index (χ2n) is 5.87. The fraction of sp³-hybridized carbons (Fsp3) is 0.333. The number of benzene rings is 1. The van der Waals surface area contributed by atoms with Gasteiger partial charge in [0.05, 0.1) is 12.6 Å². The first kappa shape index (κ1) is 16.7. The molecule has 0 spiro atoms. The number of amides is 2. The van der Waals surface area contributed by atoms with Gasteiger partial charge in [-0.05, 0) is 17.0 Å². The van der Waals surface area contributed by atoms with Crippen molar-refractivity contribution in [3.8, 4) is 0 Å². The van der Waals surface area contributed by atoms with Crippen LogP contribution in [0.5, 0.6) is 0 Å². The molecule has 2 heterocycles. The van der Waals surface area contributed by atoms with E-state index < -0.39 is 12.1 Å². The van der Waals surface area contributed by atoms with Crippen molar-refractivity contribution in [3.05, 3.63) is 58.3 Å². The number of ether oxygens (including phenoxy) is 1. The molecule has 0 unspecified atom stereocenters. The second kappa shape index (κ2) is 7.15. The van der Waals surface area contributed by atoms with Crippen molar-refractivity contribution in [3.63, 3.8) is 0 Å². The first-order chi connectivity index (χ1) is 11.6. The Hall–Kier alpha value is -2.18. The first-order valence-corrected chi connectivity index (χ1v) is 8.65. The number of morpholine rings is 1. The van der Waals surface area contributed by atoms with Crippen LogP contribution in [0.3, 0.4) is 0 Å². The molecule has 1 fully saturated rings. The molecule has 1 aliphatic heterocycles. The fourth-order valence-corrected chi connectivity index (χ4v) is 3.66. The predicted octanol–water partition coefficient (Wildman–Crippen LogP) is 2.31. The molecule has 0 N–H and O–H groups in total. The predicted molar refractivity (Wildman–Crippen MR) is 92.5 cm³/mol. The summed E-state index contributed by atoms with van der Waals surface area (Å²) < 4.78 is 5.65. The van der Waals surface area contributed by atoms with Crippen LogP contribution in [0.4, 0.5) is 0 Å². The van der Waals surface area contributed by atoms with Crippen molar-refractivity contribution in [1.82, 2.24) is 9.80 Å². The third kappa shape index (κ3) is 3.34. The van der Waals surface area contributed by atoms with E-state index in [0.717, 1.165) is 10.4 Å². The Morgan fingerprint density at radius 3 is 2.71 bits per heavy atom. The first-order valence-electron chi connectivity index (χ1n) is 7.77. The van der Waals surface area contributed by atoms with E-state index in [9.17, 15) is 9.59 Å². The van der Waals surface area contributed by atoms with Crippen LogP contribution in [-0.2, 0) is 20.9 Å². The molecule has 2 amide bonds. The molecule has 0 radical (unpaired) electrons. The maximum atomic E-state index is 12.9. The van der Waals surface area contributed by atoms with Crippen LogP contribution >= 0.6 is 11.3 Å². The topological polar surface area (TPSA) is 49.9 Å². The van der Waals surface area contributed by atoms with E-state index in [4.69, 9.17) is 4.74 Å². The lowest BCUT2D eigenvalue weighted by Crippen LogP contribution is -2.53. The SMILES string of the molecule is CN(Cc1cccs1)C(=O)[C@@H]1OCC(=O)N(C)[C@H]1c1ccccc1. The molecular weight excluding hydrogens is 324 g/mol. The number of nitrogens with zero attached hydrogens (tertiary/aromatic N) is 2. The monoisotopic (exact) mass is 344 g/mol. The Labute approximate surface area is 145 Å². The van der Waals surface area contributed by atoms with Gasteiger partial charge in [-0.15, -0.1) is 11.3 Å². The molecule has 1 aromatic carbocycles. The Morgan fingerprint density at radius 2 is 2.04 bits per heavy atom. The zero-order chi connectivity index (χ0) is 17.1. The highest BCUT2D eigenvalue weighted by molar-refractivity contribution is 7.09. The number of carbonyl (C=O) groups excluding carboxylic acids is 2. The Morgan fingerprint density at radius 1 is 1.29 bits per heavy atom. The van der Waals surface area contributed by atoms with Gasteiger partial charge in [0, 0.05) is 19.0 Å². The minimum Gasteiger partial charge on any atom is -0.356 e. The van der Waals surface area contributed by atoms with Gasteiger partial charge in [0.25, 0.3) is 5.91 Å². The average Bonchev–Trinajstić information content (AvgIpc) is 3.10. The van der Waals surface area contributed by atoms with Gasteiger partial charge in [0.15, 0.2) is 6.10 Å². The fourth-order valence-electron chi connectivity index (χ4n) is 2.90. The van der Waals surface area contributed by atoms with Gasteiger partial charge < -0.3 is 14.5 Å². The van der Waals surface area contributed by atoms with Crippen LogP contribution in [0.2, 0.25) is 0 Å². The lowest BCUT2D eigenvalue weighted by Gasteiger charge is -2.39. The van der Waals surface area contributed by atoms with E-state index in [-0.39, 0.29) is 18.4 Å². The molecule has 6 heteroatoms. The van der Waals surface area contributed by atoms with E-state index >= 15 is 0 Å². The largest absolute Gasteiger partial charge is 0.356 e. The van der Waals surface area contributed by atoms with Gasteiger partial charge in [-0.2, -0.15) is 0 Å². The van der Waals surface area contributed by atoms with Crippen LogP contribution in [0.15, 0.2) is 47.8 Å². The van der Waals surface area contributed by atoms with Crippen molar-refractivity contribution in [1.29, 1.82) is 0 Å². The number of hydrogen-bond donors (Lipinski definition) is 0. The lowest BCUT2D eigenvalue weighted by atomic mass is 9.97. The van der Waals surface area contributed by atoms with Gasteiger partial charge in [0.1, 0.15) is 6.61 Å². The number of carbonyl (C=O) groups is 2. The molecule has 2 atom stereocenters. The van der Waals surface area contributed by atoms with Gasteiger partial charge in [-0.3, -0.25) is 9.59 Å². The Bertz CT molecular complexity index is 702. The van der Waals surface area contributed by atoms with Crippen molar-refractivity contribution >= 4 is 23.2 Å². The van der Waals surface area contributed by atoms with Gasteiger partial charge in [-0.1, -0.05) is 36.4 Å². The minimum atomic E-state index is -0.694. The maximum absolute atomic E-state index is 12.9. The lowest BCUT2D eigenvalue weighted by molar-refractivity contribution is -0.167. The molecule has 2 aromatic rings. The van der Waals surface area contributed by atoms with Gasteiger partial charge >= 0.3 is 0 Å². The van der Waals surface area contributed by atoms with Crippen LogP contribution in [0.1, 0.15) is 16.5 Å². The van der Waals surface area contributed by atoms with Crippen molar-refractivity contribution < 1.29 is 14.3 Å². The van der Waals surface area contributed by atoms with Crippen molar-refractivity contribution in [2.45, 2.75) is 18.7 Å². The molecule has 3 rings (SSSR count). The molecule has 126 valence electrons. The average molecular weight is 344 g/mol. The standard InChI is InChI=1S/C18H20N2O3S/c1-19(11-14-9-6-10-24-14)18(22)17-16(13-7-4-3-5-8-13)20(2)15(21)12-23-17/h3-10,16-17H,11-12H2,1-2H3/t16-,17+/m0/s1. The van der Waals surface area contributed by atoms with Gasteiger partial charge in [-0.25, -0.2) is 0 Å². The van der Waals surface area contributed by atoms with E-state index in [1.165, 1.54) is 0 Å². The number of likely N-dealkylation sites (N-methyl/N-ethyl adjacent to an activating group) is 2. The summed E-state index contributed by atoms with van der Waals surface area (Å²) in [6.07, 6.45) is -0.694. The number of hydrogen-bond acceptors (Lipinski definition) is 4. The van der Waals surface area contributed by atoms with Gasteiger partial charge in [0.2, 0.25) is 5.91 Å². The van der Waals surface area contributed by atoms with E-state index in [1.807, 2.05) is 47.8 Å². The summed E-state index contributed by atoms with van der Waals surface area (Å²) in [7, 11) is 3.49. The summed E-state index contributed by atoms with van der Waals surface area (Å²) in [5.74, 6) is -0.231. The summed E-state index contributed by atoms with van der Waals surface area (Å²) >= 11 is 1.61. The molecule has 1 aliphatic rings. The molecule has 0 saturated carbocycles. The highest BCUT2D eigenvalue weighted by atomic mass is 32.1. The normalized spacial score (nSPS) is 20.9. The summed E-state index contributed by atoms with van der Waals surface area (Å²) in [6.45, 7) is 0.471. The smallest absolute Gasteiger partial charge is 0.254 e. The third-order valence-corrected chi connectivity index (χ3v) is 5.08. The molecule has 0 aliphatic carbocycles. The Balaban J connectivity index is 1.83. The molecule has 24 heavy (non-hydrogen) atoms. The maximum Gasteiger partial charge on any atom is 0.254 e. The summed E-state index contributed by atoms with van der Waals surface area (Å²) in [4.78, 5) is 29.4. The molecule has 5 nitrogen and oxygen atoms in total. The van der Waals surface area contributed by atoms with E-state index in [0.29, 0.717) is 6.54 Å². The zero-order valence-corrected chi connectivity index (χ0v) is 14.5. The highest BCUT2D eigenvalue weighted by Crippen LogP contribution is 2.30. The molecule has 0 bridgehead atoms. The number of rotatable bonds is 4. The van der Waals surface area contributed by atoms with E-state index in [1.54, 1.807) is 35.2 Å². The molecule has 1 aromatic heterocycles. The zero-order valence-electron chi connectivity index (χ0n) is 13.7. The minimum absolute atomic E-state index is 0.0664. The number of thiophene rings is 1. The molecular formula is C18H20N2O3S. The summed E-state index contributed by atoms with van der Waals surface area (Å²) in [5, 5.41) is 1.99. The third-order valence-electron chi connectivity index (χ3n) is 4.22. The van der Waals surface area contributed by atoms with E-state index in [2.05, 4.69) is 0 Å². The van der Waals surface area contributed by atoms with Crippen LogP contribution < -0.4 is 0 Å². The van der Waals surface area contributed by atoms with Crippen molar-refractivity contribution in [2.75, 3.05) is 20.7 Å². The molecule has 1 saturated heterocycles. The van der Waals surface area contributed by atoms with Crippen LogP contribution in [0.25, 0.3) is 0 Å². The highest BCUT2D eigenvalue weighted by Gasteiger charge is 2.41. The van der Waals surface area contributed by atoms with Crippen LogP contribution in [0, 0.1) is 0 Å².